The van der Waals surface area contributed by atoms with Crippen LogP contribution in [0.3, 0.4) is 0 Å². The van der Waals surface area contributed by atoms with Gasteiger partial charge in [0.2, 0.25) is 0 Å². The summed E-state index contributed by atoms with van der Waals surface area (Å²) in [7, 11) is 0. The van der Waals surface area contributed by atoms with Crippen LogP contribution in [0, 0.1) is 33.8 Å². The Morgan fingerprint density at radius 3 is 2.84 bits per heavy atom. The van der Waals surface area contributed by atoms with E-state index >= 15 is 0 Å². The molecule has 5 unspecified atom stereocenters. The molecule has 6 nitrogen and oxygen atoms in total. The van der Waals surface area contributed by atoms with Crippen LogP contribution >= 0.6 is 0 Å². The van der Waals surface area contributed by atoms with Gasteiger partial charge in [-0.3, -0.25) is 10.1 Å². The lowest BCUT2D eigenvalue weighted by molar-refractivity contribution is -0.386. The van der Waals surface area contributed by atoms with Crippen LogP contribution in [0.1, 0.15) is 42.5 Å². The van der Waals surface area contributed by atoms with Crippen LogP contribution in [0.5, 0.6) is 5.75 Å². The number of carboxylic acid groups (broad SMARTS) is 1. The molecule has 6 heteroatoms. The molecule has 1 N–H and O–H groups in total. The largest absolute Gasteiger partial charge is 0.478 e. The molecule has 0 heterocycles. The number of carboxylic acids is 1. The summed E-state index contributed by atoms with van der Waals surface area (Å²) >= 11 is 0. The quantitative estimate of drug-likeness (QED) is 0.495. The number of nitro groups is 1. The van der Waals surface area contributed by atoms with E-state index in [4.69, 9.17) is 4.74 Å². The molecule has 3 aliphatic carbocycles. The molecule has 2 bridgehead atoms. The van der Waals surface area contributed by atoms with Crippen molar-refractivity contribution in [1.82, 2.24) is 0 Å². The smallest absolute Gasteiger partial charge is 0.335 e. The Bertz CT molecular complexity index is 760. The number of carbonyl (C=O) groups is 1. The summed E-state index contributed by atoms with van der Waals surface area (Å²) < 4.78 is 6.21. The molecule has 4 rings (SSSR count). The lowest BCUT2D eigenvalue weighted by Gasteiger charge is -2.40. The molecule has 0 aliphatic heterocycles. The van der Waals surface area contributed by atoms with E-state index in [1.165, 1.54) is 37.5 Å². The minimum Gasteiger partial charge on any atom is -0.478 e. The van der Waals surface area contributed by atoms with Gasteiger partial charge < -0.3 is 9.84 Å². The van der Waals surface area contributed by atoms with Gasteiger partial charge in [-0.25, -0.2) is 4.79 Å². The van der Waals surface area contributed by atoms with E-state index < -0.39 is 16.5 Å². The number of nitrogens with zero attached hydrogens (tertiary/aromatic N) is 1. The van der Waals surface area contributed by atoms with Gasteiger partial charge in [-0.2, -0.15) is 0 Å². The number of fused-ring (bicyclic) bond motifs is 5. The van der Waals surface area contributed by atoms with Gasteiger partial charge in [0.15, 0.2) is 5.75 Å². The van der Waals surface area contributed by atoms with Crippen LogP contribution in [0.4, 0.5) is 5.69 Å². The summed E-state index contributed by atoms with van der Waals surface area (Å²) in [5, 5.41) is 20.6. The number of ether oxygens (including phenoxy) is 1. The topological polar surface area (TPSA) is 89.7 Å². The first kappa shape index (κ1) is 16.1. The second-order valence-electron chi connectivity index (χ2n) is 7.57. The van der Waals surface area contributed by atoms with Gasteiger partial charge in [0.25, 0.3) is 0 Å². The first-order chi connectivity index (χ1) is 11.9. The maximum atomic E-state index is 11.4. The van der Waals surface area contributed by atoms with Crippen molar-refractivity contribution >= 4 is 11.7 Å². The van der Waals surface area contributed by atoms with E-state index in [0.717, 1.165) is 18.8 Å². The molecule has 0 amide bonds. The Morgan fingerprint density at radius 1 is 1.40 bits per heavy atom. The lowest BCUT2D eigenvalue weighted by Crippen LogP contribution is -2.44. The Labute approximate surface area is 145 Å². The molecule has 1 aromatic carbocycles. The minimum absolute atomic E-state index is 0.0123. The molecule has 5 atom stereocenters. The highest BCUT2D eigenvalue weighted by molar-refractivity contribution is 5.88. The fourth-order valence-electron chi connectivity index (χ4n) is 5.61. The number of nitro benzene ring substituents is 1. The van der Waals surface area contributed by atoms with Crippen molar-refractivity contribution in [2.45, 2.75) is 37.7 Å². The van der Waals surface area contributed by atoms with Gasteiger partial charge in [-0.15, -0.1) is 0 Å². The van der Waals surface area contributed by atoms with E-state index in [-0.39, 0.29) is 17.0 Å². The molecule has 0 radical (unpaired) electrons. The molecule has 3 saturated carbocycles. The van der Waals surface area contributed by atoms with Gasteiger partial charge in [-0.1, -0.05) is 13.0 Å². The zero-order chi connectivity index (χ0) is 17.8. The summed E-state index contributed by atoms with van der Waals surface area (Å²) in [5.41, 5.74) is -0.836. The Kier molecular flexibility index (Phi) is 3.60. The summed E-state index contributed by atoms with van der Waals surface area (Å²) in [6.07, 6.45) is 7.38. The molecule has 3 fully saturated rings. The average molecular weight is 343 g/mol. The lowest BCUT2D eigenvalue weighted by atomic mass is 9.73. The van der Waals surface area contributed by atoms with Gasteiger partial charge >= 0.3 is 11.7 Å². The maximum absolute atomic E-state index is 11.4. The fourth-order valence-corrected chi connectivity index (χ4v) is 5.61. The number of aromatic carboxylic acids is 1. The summed E-state index contributed by atoms with van der Waals surface area (Å²) in [6, 6.07) is 3.71. The van der Waals surface area contributed by atoms with Crippen molar-refractivity contribution in [3.8, 4) is 5.75 Å². The van der Waals surface area contributed by atoms with E-state index in [9.17, 15) is 20.0 Å². The molecule has 0 saturated heterocycles. The highest BCUT2D eigenvalue weighted by atomic mass is 16.6. The van der Waals surface area contributed by atoms with Crippen molar-refractivity contribution in [2.75, 3.05) is 0 Å². The number of rotatable bonds is 5. The number of benzene rings is 1. The van der Waals surface area contributed by atoms with Crippen LogP contribution in [-0.4, -0.2) is 21.6 Å². The van der Waals surface area contributed by atoms with Gasteiger partial charge in [0.1, 0.15) is 5.60 Å². The van der Waals surface area contributed by atoms with E-state index in [1.807, 2.05) is 0 Å². The van der Waals surface area contributed by atoms with Crippen LogP contribution in [0.15, 0.2) is 30.9 Å². The van der Waals surface area contributed by atoms with Crippen LogP contribution in [0.25, 0.3) is 0 Å². The van der Waals surface area contributed by atoms with E-state index in [0.29, 0.717) is 17.8 Å². The second kappa shape index (κ2) is 5.58. The van der Waals surface area contributed by atoms with Crippen molar-refractivity contribution in [2.24, 2.45) is 23.7 Å². The second-order valence-corrected chi connectivity index (χ2v) is 7.57. The Hall–Kier alpha value is -2.37. The molecule has 0 spiro atoms. The molecule has 3 aliphatic rings. The third-order valence-electron chi connectivity index (χ3n) is 6.56. The van der Waals surface area contributed by atoms with Crippen LogP contribution in [-0.2, 0) is 0 Å². The molecular formula is C19H21NO5. The Balaban J connectivity index is 1.71. The zero-order valence-corrected chi connectivity index (χ0v) is 13.9. The summed E-state index contributed by atoms with van der Waals surface area (Å²) in [4.78, 5) is 22.1. The molecule has 132 valence electrons. The SMILES string of the molecule is C=CC1(Oc2cc(C(=O)O)ccc2[N+](=O)[O-])CC2CC1C1CCCC21. The third-order valence-corrected chi connectivity index (χ3v) is 6.56. The first-order valence-electron chi connectivity index (χ1n) is 8.79. The van der Waals surface area contributed by atoms with Crippen LogP contribution in [0.2, 0.25) is 0 Å². The molecule has 0 aromatic heterocycles. The third kappa shape index (κ3) is 2.34. The van der Waals surface area contributed by atoms with Crippen LogP contribution < -0.4 is 4.74 Å². The highest BCUT2D eigenvalue weighted by Crippen LogP contribution is 2.63. The first-order valence-corrected chi connectivity index (χ1v) is 8.79. The minimum atomic E-state index is -1.13. The standard InChI is InChI=1S/C19H21NO5/c1-2-19(10-12-8-15(19)14-5-3-4-13(12)14)25-17-9-11(18(21)22)6-7-16(17)20(23)24/h2,6-7,9,12-15H,1,3-5,8,10H2,(H,21,22). The van der Waals surface area contributed by atoms with Crippen molar-refractivity contribution < 1.29 is 19.6 Å². The predicted molar refractivity (Wildman–Crippen MR) is 90.7 cm³/mol. The normalized spacial score (nSPS) is 35.4. The summed E-state index contributed by atoms with van der Waals surface area (Å²) in [5.74, 6) is 1.15. The number of hydrogen-bond donors (Lipinski definition) is 1. The van der Waals surface area contributed by atoms with E-state index in [2.05, 4.69) is 6.58 Å². The van der Waals surface area contributed by atoms with Gasteiger partial charge in [0.05, 0.1) is 10.5 Å². The zero-order valence-electron chi connectivity index (χ0n) is 13.9. The molecule has 25 heavy (non-hydrogen) atoms. The van der Waals surface area contributed by atoms with Crippen molar-refractivity contribution in [3.05, 3.63) is 46.5 Å². The van der Waals surface area contributed by atoms with Gasteiger partial charge in [0, 0.05) is 18.1 Å². The van der Waals surface area contributed by atoms with Crippen molar-refractivity contribution in [3.63, 3.8) is 0 Å². The highest BCUT2D eigenvalue weighted by Gasteiger charge is 2.61. The Morgan fingerprint density at radius 2 is 2.16 bits per heavy atom. The fraction of sp³-hybridized carbons (Fsp3) is 0.526. The molecular weight excluding hydrogens is 322 g/mol. The van der Waals surface area contributed by atoms with E-state index in [1.54, 1.807) is 6.08 Å². The average Bonchev–Trinajstić information content (AvgIpc) is 3.26. The predicted octanol–water partition coefficient (Wildman–Crippen LogP) is 4.05. The summed E-state index contributed by atoms with van der Waals surface area (Å²) in [6.45, 7) is 3.96. The molecule has 1 aromatic rings. The van der Waals surface area contributed by atoms with Crippen molar-refractivity contribution in [1.29, 1.82) is 0 Å². The monoisotopic (exact) mass is 343 g/mol. The number of hydrogen-bond acceptors (Lipinski definition) is 4. The maximum Gasteiger partial charge on any atom is 0.335 e. The van der Waals surface area contributed by atoms with Gasteiger partial charge in [-0.05, 0) is 55.6 Å².